The second kappa shape index (κ2) is 2.69. The molecule has 1 rings (SSSR count). The summed E-state index contributed by atoms with van der Waals surface area (Å²) in [5.41, 5.74) is 0.0938. The van der Waals surface area contributed by atoms with E-state index in [1.54, 1.807) is 5.98 Å². The van der Waals surface area contributed by atoms with E-state index in [1.165, 1.54) is 13.0 Å². The van der Waals surface area contributed by atoms with Gasteiger partial charge >= 0.3 is 0 Å². The first kappa shape index (κ1) is 7.06. The fraction of sp³-hybridized carbons (Fsp3) is 0.333. The Labute approximate surface area is 59.6 Å². The lowest BCUT2D eigenvalue weighted by molar-refractivity contribution is -0.116. The van der Waals surface area contributed by atoms with Gasteiger partial charge in [0.2, 0.25) is 5.91 Å². The molecule has 0 aromatic heterocycles. The number of hydrogen-bond donors (Lipinski definition) is 1. The Hall–Kier alpha value is -1.06. The van der Waals surface area contributed by atoms with Gasteiger partial charge in [-0.2, -0.15) is 0 Å². The molecule has 0 fully saturated rings. The lowest BCUT2D eigenvalue weighted by Crippen LogP contribution is -2.41. The van der Waals surface area contributed by atoms with E-state index in [9.17, 15) is 9.59 Å². The summed E-state index contributed by atoms with van der Waals surface area (Å²) in [7, 11) is 0. The molecule has 0 aromatic rings. The van der Waals surface area contributed by atoms with E-state index in [0.717, 1.165) is 0 Å². The van der Waals surface area contributed by atoms with Crippen LogP contribution in [0.3, 0.4) is 0 Å². The zero-order valence-corrected chi connectivity index (χ0v) is 5.76. The summed E-state index contributed by atoms with van der Waals surface area (Å²) in [4.78, 5) is 21.2. The Bertz CT molecular complexity index is 200. The van der Waals surface area contributed by atoms with Crippen molar-refractivity contribution in [1.29, 1.82) is 0 Å². The maximum absolute atomic E-state index is 10.7. The zero-order valence-electron chi connectivity index (χ0n) is 5.76. The highest BCUT2D eigenvalue weighted by Gasteiger charge is 2.20. The lowest BCUT2D eigenvalue weighted by atomic mass is 9.46. The SMILES string of the molecule is CC(=O)B1C=CC(=O)NC1. The summed E-state index contributed by atoms with van der Waals surface area (Å²) >= 11 is 0. The van der Waals surface area contributed by atoms with Crippen molar-refractivity contribution in [2.75, 3.05) is 6.44 Å². The van der Waals surface area contributed by atoms with Crippen LogP contribution >= 0.6 is 0 Å². The third-order valence-electron chi connectivity index (χ3n) is 1.50. The molecule has 0 aromatic carbocycles. The van der Waals surface area contributed by atoms with E-state index in [-0.39, 0.29) is 18.3 Å². The molecule has 1 aliphatic heterocycles. The number of rotatable bonds is 1. The Morgan fingerprint density at radius 2 is 2.50 bits per heavy atom. The summed E-state index contributed by atoms with van der Waals surface area (Å²) < 4.78 is 0. The molecule has 0 unspecified atom stereocenters. The first-order valence-corrected chi connectivity index (χ1v) is 3.16. The topological polar surface area (TPSA) is 46.2 Å². The highest BCUT2D eigenvalue weighted by atomic mass is 16.1. The Kier molecular flexibility index (Phi) is 1.90. The smallest absolute Gasteiger partial charge is 0.268 e. The molecule has 0 spiro atoms. The van der Waals surface area contributed by atoms with Crippen molar-refractivity contribution in [1.82, 2.24) is 5.32 Å². The van der Waals surface area contributed by atoms with Crippen molar-refractivity contribution in [3.8, 4) is 0 Å². The molecule has 0 saturated carbocycles. The van der Waals surface area contributed by atoms with Crippen molar-refractivity contribution in [2.45, 2.75) is 6.92 Å². The molecular weight excluding hydrogens is 129 g/mol. The molecule has 3 nitrogen and oxygen atoms in total. The molecule has 1 amide bonds. The van der Waals surface area contributed by atoms with Crippen LogP contribution in [-0.2, 0) is 9.59 Å². The van der Waals surface area contributed by atoms with E-state index < -0.39 is 0 Å². The molecule has 4 heteroatoms. The highest BCUT2D eigenvalue weighted by Crippen LogP contribution is 1.91. The van der Waals surface area contributed by atoms with E-state index >= 15 is 0 Å². The van der Waals surface area contributed by atoms with E-state index in [0.29, 0.717) is 6.44 Å². The van der Waals surface area contributed by atoms with Gasteiger partial charge in [-0.3, -0.25) is 4.79 Å². The highest BCUT2D eigenvalue weighted by molar-refractivity contribution is 6.94. The van der Waals surface area contributed by atoms with Gasteiger partial charge in [-0.25, -0.2) is 0 Å². The van der Waals surface area contributed by atoms with Crippen molar-refractivity contribution < 1.29 is 9.59 Å². The number of amides is 1. The predicted octanol–water partition coefficient (Wildman–Crippen LogP) is -0.626. The van der Waals surface area contributed by atoms with Crippen LogP contribution in [0.2, 0.25) is 0 Å². The van der Waals surface area contributed by atoms with Gasteiger partial charge in [-0.05, 0) is 13.0 Å². The molecule has 10 heavy (non-hydrogen) atoms. The molecule has 0 atom stereocenters. The van der Waals surface area contributed by atoms with Gasteiger partial charge in [0, 0.05) is 6.44 Å². The number of carbonyl (C=O) groups is 2. The third-order valence-corrected chi connectivity index (χ3v) is 1.50. The molecule has 52 valence electrons. The van der Waals surface area contributed by atoms with Crippen LogP contribution in [0.1, 0.15) is 6.92 Å². The van der Waals surface area contributed by atoms with Gasteiger partial charge in [0.05, 0.1) is 5.68 Å². The Balaban J connectivity index is 2.61. The molecular formula is C6H8BNO2. The normalized spacial score (nSPS) is 16.9. The van der Waals surface area contributed by atoms with Crippen molar-refractivity contribution >= 4 is 18.3 Å². The Morgan fingerprint density at radius 1 is 1.80 bits per heavy atom. The third kappa shape index (κ3) is 1.46. The molecule has 1 heterocycles. The van der Waals surface area contributed by atoms with Crippen molar-refractivity contribution in [3.63, 3.8) is 0 Å². The first-order chi connectivity index (χ1) is 4.70. The minimum Gasteiger partial charge on any atom is -0.359 e. The largest absolute Gasteiger partial charge is 0.359 e. The standard InChI is InChI=1S/C6H8BNO2/c1-5(9)7-3-2-6(10)8-4-7/h2-3H,4H2,1H3,(H,8,10). The number of carbonyl (C=O) groups excluding carboxylic acids is 2. The van der Waals surface area contributed by atoms with E-state index in [2.05, 4.69) is 5.32 Å². The zero-order chi connectivity index (χ0) is 7.56. The van der Waals surface area contributed by atoms with Crippen LogP contribution in [0.25, 0.3) is 0 Å². The molecule has 1 aliphatic rings. The van der Waals surface area contributed by atoms with Crippen LogP contribution < -0.4 is 5.32 Å². The van der Waals surface area contributed by atoms with E-state index in [1.807, 2.05) is 0 Å². The van der Waals surface area contributed by atoms with Gasteiger partial charge < -0.3 is 10.1 Å². The summed E-state index contributed by atoms with van der Waals surface area (Å²) in [5, 5.41) is 2.57. The first-order valence-electron chi connectivity index (χ1n) is 3.16. The summed E-state index contributed by atoms with van der Waals surface area (Å²) in [6, 6.07) is 0. The van der Waals surface area contributed by atoms with Crippen LogP contribution in [0.4, 0.5) is 0 Å². The minimum atomic E-state index is -0.113. The van der Waals surface area contributed by atoms with Crippen LogP contribution in [0, 0.1) is 0 Å². The fourth-order valence-electron chi connectivity index (χ4n) is 0.820. The van der Waals surface area contributed by atoms with Gasteiger partial charge in [-0.15, -0.1) is 0 Å². The second-order valence-electron chi connectivity index (χ2n) is 2.32. The summed E-state index contributed by atoms with van der Waals surface area (Å²) in [6.45, 7) is 1.41. The molecule has 0 bridgehead atoms. The summed E-state index contributed by atoms with van der Waals surface area (Å²) in [6.07, 6.45) is 1.85. The lowest BCUT2D eigenvalue weighted by Gasteiger charge is -2.10. The number of nitrogens with one attached hydrogen (secondary N) is 1. The molecule has 0 aliphatic carbocycles. The van der Waals surface area contributed by atoms with E-state index in [4.69, 9.17) is 0 Å². The van der Waals surface area contributed by atoms with Gasteiger partial charge in [-0.1, -0.05) is 5.98 Å². The van der Waals surface area contributed by atoms with Crippen LogP contribution in [-0.4, -0.2) is 24.7 Å². The van der Waals surface area contributed by atoms with Gasteiger partial charge in [0.1, 0.15) is 0 Å². The van der Waals surface area contributed by atoms with Gasteiger partial charge in [0.25, 0.3) is 6.71 Å². The molecule has 0 radical (unpaired) electrons. The monoisotopic (exact) mass is 137 g/mol. The fourth-order valence-corrected chi connectivity index (χ4v) is 0.820. The van der Waals surface area contributed by atoms with Crippen LogP contribution in [0.15, 0.2) is 12.1 Å². The second-order valence-corrected chi connectivity index (χ2v) is 2.32. The number of hydrogen-bond acceptors (Lipinski definition) is 2. The molecule has 0 saturated heterocycles. The maximum Gasteiger partial charge on any atom is 0.268 e. The Morgan fingerprint density at radius 3 is 2.90 bits per heavy atom. The average Bonchev–Trinajstić information content (AvgIpc) is 1.88. The maximum atomic E-state index is 10.7. The molecule has 1 N–H and O–H groups in total. The summed E-state index contributed by atoms with van der Waals surface area (Å²) in [5.74, 6) is 1.53. The van der Waals surface area contributed by atoms with Crippen molar-refractivity contribution in [3.05, 3.63) is 12.1 Å². The van der Waals surface area contributed by atoms with Crippen LogP contribution in [0.5, 0.6) is 0 Å². The predicted molar refractivity (Wildman–Crippen MR) is 38.6 cm³/mol. The average molecular weight is 137 g/mol. The quantitative estimate of drug-likeness (QED) is 0.489. The van der Waals surface area contributed by atoms with Crippen molar-refractivity contribution in [2.24, 2.45) is 0 Å². The van der Waals surface area contributed by atoms with Gasteiger partial charge in [0.15, 0.2) is 0 Å². The minimum absolute atomic E-state index is 0.0938.